The number of rotatable bonds is 14. The molecule has 3 N–H and O–H groups in total. The van der Waals surface area contributed by atoms with Crippen LogP contribution in [0.25, 0.3) is 0 Å². The lowest BCUT2D eigenvalue weighted by atomic mass is 9.49. The van der Waals surface area contributed by atoms with Gasteiger partial charge in [-0.3, -0.25) is 14.4 Å². The number of halogens is 1. The number of fused-ring (bicyclic) bond motifs is 1. The van der Waals surface area contributed by atoms with Crippen LogP contribution in [-0.4, -0.2) is 96.2 Å². The standard InChI is InChI=1S/C45H54ClN11O5/c1-9-33-39(60)56(7)34-25-49-42(53-36(34)57(33)29-12-10-11-13-29)52-32-17-15-26(20-35(32)61-8)37(58)48-18-19-55(6)43-50-23-28(24-51-43)38(59)54-40-44(2,3)41(45(40,4)5)62-30-16-14-27(22-47)31(46)21-30/h14-17,20-21,23-25,29,33,40-41H,9-13,18-19H2,1-8H3,(H,48,58)(H,54,59)(H,49,52,53)/t33-,40?,41?/m1/s1. The number of methoxy groups -OCH3 is 1. The molecule has 0 bridgehead atoms. The van der Waals surface area contributed by atoms with Crippen LogP contribution in [0.15, 0.2) is 55.0 Å². The van der Waals surface area contributed by atoms with Gasteiger partial charge >= 0.3 is 0 Å². The van der Waals surface area contributed by atoms with Crippen molar-refractivity contribution >= 4 is 58.4 Å². The number of aromatic nitrogens is 4. The Kier molecular flexibility index (Phi) is 12.5. The van der Waals surface area contributed by atoms with Crippen LogP contribution in [0.5, 0.6) is 11.5 Å². The van der Waals surface area contributed by atoms with Crippen molar-refractivity contribution in [3.8, 4) is 17.6 Å². The molecular weight excluding hydrogens is 810 g/mol. The van der Waals surface area contributed by atoms with Crippen molar-refractivity contribution in [2.75, 3.05) is 54.3 Å². The number of nitriles is 1. The predicted octanol–water partition coefficient (Wildman–Crippen LogP) is 6.53. The van der Waals surface area contributed by atoms with Crippen molar-refractivity contribution in [1.82, 2.24) is 30.6 Å². The van der Waals surface area contributed by atoms with Gasteiger partial charge in [-0.05, 0) is 49.6 Å². The third-order valence-electron chi connectivity index (χ3n) is 12.5. The van der Waals surface area contributed by atoms with Crippen molar-refractivity contribution in [3.63, 3.8) is 0 Å². The maximum Gasteiger partial charge on any atom is 0.254 e. The number of benzene rings is 2. The molecule has 7 rings (SSSR count). The minimum absolute atomic E-state index is 0.0525. The average molecular weight is 864 g/mol. The van der Waals surface area contributed by atoms with E-state index in [1.54, 1.807) is 66.5 Å². The Morgan fingerprint density at radius 2 is 1.71 bits per heavy atom. The Balaban J connectivity index is 0.923. The zero-order valence-corrected chi connectivity index (χ0v) is 37.2. The van der Waals surface area contributed by atoms with E-state index in [1.807, 2.05) is 34.6 Å². The number of anilines is 5. The number of likely N-dealkylation sites (N-methyl/N-ethyl adjacent to an activating group) is 2. The highest BCUT2D eigenvalue weighted by atomic mass is 35.5. The zero-order valence-electron chi connectivity index (χ0n) is 36.5. The second-order valence-corrected chi connectivity index (χ2v) is 17.8. The summed E-state index contributed by atoms with van der Waals surface area (Å²) in [6, 6.07) is 11.9. The maximum absolute atomic E-state index is 13.4. The van der Waals surface area contributed by atoms with E-state index in [2.05, 4.69) is 41.9 Å². The van der Waals surface area contributed by atoms with E-state index >= 15 is 0 Å². The van der Waals surface area contributed by atoms with E-state index in [1.165, 1.54) is 19.5 Å². The summed E-state index contributed by atoms with van der Waals surface area (Å²) in [7, 11) is 5.11. The van der Waals surface area contributed by atoms with Crippen molar-refractivity contribution in [2.24, 2.45) is 10.8 Å². The van der Waals surface area contributed by atoms with Gasteiger partial charge in [0.1, 0.15) is 35.4 Å². The zero-order chi connectivity index (χ0) is 44.5. The Morgan fingerprint density at radius 1 is 1.00 bits per heavy atom. The van der Waals surface area contributed by atoms with E-state index in [-0.39, 0.29) is 42.0 Å². The first-order valence-electron chi connectivity index (χ1n) is 21.0. The summed E-state index contributed by atoms with van der Waals surface area (Å²) in [5.74, 6) is 1.95. The molecule has 0 saturated heterocycles. The molecule has 2 fully saturated rings. The second kappa shape index (κ2) is 17.6. The number of hydrogen-bond acceptors (Lipinski definition) is 13. The molecule has 326 valence electrons. The minimum Gasteiger partial charge on any atom is -0.495 e. The maximum atomic E-state index is 13.4. The van der Waals surface area contributed by atoms with E-state index in [4.69, 9.17) is 26.1 Å². The van der Waals surface area contributed by atoms with Crippen LogP contribution < -0.4 is 40.1 Å². The summed E-state index contributed by atoms with van der Waals surface area (Å²) in [4.78, 5) is 63.9. The van der Waals surface area contributed by atoms with Gasteiger partial charge in [-0.2, -0.15) is 10.2 Å². The Labute approximate surface area is 367 Å². The molecular formula is C45H54ClN11O5. The lowest BCUT2D eigenvalue weighted by Crippen LogP contribution is -2.74. The summed E-state index contributed by atoms with van der Waals surface area (Å²) in [6.07, 6.45) is 9.39. The van der Waals surface area contributed by atoms with Crippen LogP contribution in [0.4, 0.5) is 29.1 Å². The number of hydrogen-bond donors (Lipinski definition) is 3. The van der Waals surface area contributed by atoms with Gasteiger partial charge in [0, 0.05) is 74.1 Å². The van der Waals surface area contributed by atoms with Crippen molar-refractivity contribution in [1.29, 1.82) is 5.26 Å². The SMILES string of the molecule is CC[C@@H]1C(=O)N(C)c2cnc(Nc3ccc(C(=O)NCCN(C)c4ncc(C(=O)NC5C(C)(C)C(Oc6ccc(C#N)c(Cl)c6)C5(C)C)cn4)cc3OC)nc2N1C1CCCC1. The van der Waals surface area contributed by atoms with Crippen LogP contribution in [0.2, 0.25) is 5.02 Å². The molecule has 0 spiro atoms. The first-order chi connectivity index (χ1) is 29.6. The van der Waals surface area contributed by atoms with Crippen molar-refractivity contribution in [3.05, 3.63) is 76.7 Å². The molecule has 1 atom stereocenters. The lowest BCUT2D eigenvalue weighted by Gasteiger charge is -2.63. The number of carbonyl (C=O) groups excluding carboxylic acids is 3. The fraction of sp³-hybridized carbons (Fsp3) is 0.467. The van der Waals surface area contributed by atoms with Gasteiger partial charge in [0.15, 0.2) is 5.82 Å². The molecule has 0 radical (unpaired) electrons. The van der Waals surface area contributed by atoms with E-state index in [0.29, 0.717) is 76.0 Å². The van der Waals surface area contributed by atoms with Gasteiger partial charge < -0.3 is 40.1 Å². The minimum atomic E-state index is -0.427. The van der Waals surface area contributed by atoms with Gasteiger partial charge in [0.05, 0.1) is 35.1 Å². The van der Waals surface area contributed by atoms with Crippen LogP contribution >= 0.6 is 11.6 Å². The van der Waals surface area contributed by atoms with Gasteiger partial charge in [0.2, 0.25) is 17.8 Å². The molecule has 3 heterocycles. The largest absolute Gasteiger partial charge is 0.495 e. The quantitative estimate of drug-likeness (QED) is 0.124. The number of carbonyl (C=O) groups is 3. The predicted molar refractivity (Wildman–Crippen MR) is 238 cm³/mol. The fourth-order valence-electron chi connectivity index (χ4n) is 9.48. The Bertz CT molecular complexity index is 2360. The highest BCUT2D eigenvalue weighted by Crippen LogP contribution is 2.55. The van der Waals surface area contributed by atoms with Gasteiger partial charge in [0.25, 0.3) is 11.8 Å². The summed E-state index contributed by atoms with van der Waals surface area (Å²) >= 11 is 6.24. The molecule has 62 heavy (non-hydrogen) atoms. The number of amides is 3. The van der Waals surface area contributed by atoms with Crippen LogP contribution in [0, 0.1) is 22.2 Å². The molecule has 2 aromatic carbocycles. The number of nitrogens with zero attached hydrogens (tertiary/aromatic N) is 8. The second-order valence-electron chi connectivity index (χ2n) is 17.4. The highest BCUT2D eigenvalue weighted by Gasteiger charge is 2.64. The highest BCUT2D eigenvalue weighted by molar-refractivity contribution is 6.31. The van der Waals surface area contributed by atoms with E-state index in [9.17, 15) is 19.6 Å². The molecule has 2 aromatic heterocycles. The smallest absolute Gasteiger partial charge is 0.254 e. The first-order valence-corrected chi connectivity index (χ1v) is 21.3. The Hall–Kier alpha value is -6.21. The molecule has 0 unspecified atom stereocenters. The average Bonchev–Trinajstić information content (AvgIpc) is 3.80. The molecule has 4 aromatic rings. The molecule has 3 aliphatic rings. The third kappa shape index (κ3) is 8.37. The molecule has 1 aliphatic heterocycles. The normalized spacial score (nSPS) is 20.1. The first kappa shape index (κ1) is 43.9. The van der Waals surface area contributed by atoms with E-state index in [0.717, 1.165) is 31.5 Å². The van der Waals surface area contributed by atoms with Crippen LogP contribution in [0.1, 0.15) is 93.0 Å². The van der Waals surface area contributed by atoms with Crippen molar-refractivity contribution < 1.29 is 23.9 Å². The van der Waals surface area contributed by atoms with Gasteiger partial charge in [-0.25, -0.2) is 15.0 Å². The summed E-state index contributed by atoms with van der Waals surface area (Å²) in [5, 5.41) is 18.9. The lowest BCUT2D eigenvalue weighted by molar-refractivity contribution is -0.164. The van der Waals surface area contributed by atoms with Gasteiger partial charge in [-0.15, -0.1) is 0 Å². The summed E-state index contributed by atoms with van der Waals surface area (Å²) in [6.45, 7) is 10.9. The monoisotopic (exact) mass is 863 g/mol. The Morgan fingerprint density at radius 3 is 2.35 bits per heavy atom. The van der Waals surface area contributed by atoms with Crippen molar-refractivity contribution in [2.45, 2.75) is 91.0 Å². The van der Waals surface area contributed by atoms with Crippen LogP contribution in [-0.2, 0) is 4.79 Å². The third-order valence-corrected chi connectivity index (χ3v) is 12.8. The fourth-order valence-corrected chi connectivity index (χ4v) is 9.70. The topological polar surface area (TPSA) is 191 Å². The summed E-state index contributed by atoms with van der Waals surface area (Å²) < 4.78 is 12.0. The molecule has 17 heteroatoms. The molecule has 2 saturated carbocycles. The molecule has 16 nitrogen and oxygen atoms in total. The number of nitrogens with one attached hydrogen (secondary N) is 3. The molecule has 3 amide bonds. The molecule has 2 aliphatic carbocycles. The van der Waals surface area contributed by atoms with Gasteiger partial charge in [-0.1, -0.05) is 59.1 Å². The van der Waals surface area contributed by atoms with E-state index < -0.39 is 10.8 Å². The summed E-state index contributed by atoms with van der Waals surface area (Å²) in [5.41, 5.74) is 1.51. The number of ether oxygens (including phenoxy) is 2. The van der Waals surface area contributed by atoms with Crippen LogP contribution in [0.3, 0.4) is 0 Å².